The van der Waals surface area contributed by atoms with Crippen LogP contribution in [0.3, 0.4) is 0 Å². The summed E-state index contributed by atoms with van der Waals surface area (Å²) < 4.78 is 18.7. The molecule has 2 aromatic carbocycles. The fourth-order valence-corrected chi connectivity index (χ4v) is 2.09. The topological polar surface area (TPSA) is 39.2 Å². The first-order chi connectivity index (χ1) is 8.63. The van der Waals surface area contributed by atoms with Crippen molar-refractivity contribution in [1.29, 1.82) is 0 Å². The average molecular weight is 262 g/mol. The first kappa shape index (κ1) is 11.1. The van der Waals surface area contributed by atoms with E-state index in [2.05, 4.69) is 0 Å². The lowest BCUT2D eigenvalue weighted by Crippen LogP contribution is -1.88. The molecule has 0 bridgehead atoms. The molecule has 1 heterocycles. The minimum Gasteiger partial charge on any atom is -0.456 e. The van der Waals surface area contributed by atoms with Crippen LogP contribution in [0.15, 0.2) is 46.9 Å². The van der Waals surface area contributed by atoms with Crippen LogP contribution in [0, 0.1) is 5.82 Å². The molecule has 0 fully saturated rings. The number of fused-ring (bicyclic) bond motifs is 1. The number of nitrogens with two attached hydrogens (primary N) is 1. The van der Waals surface area contributed by atoms with Crippen molar-refractivity contribution >= 4 is 28.3 Å². The Hall–Kier alpha value is -2.00. The second-order valence-corrected chi connectivity index (χ2v) is 4.46. The standard InChI is InChI=1S/C14H9ClFNO/c15-9-1-3-11(12(17)7-9)14-6-8-5-10(16)2-4-13(8)18-14/h1-7H,17H2. The summed E-state index contributed by atoms with van der Waals surface area (Å²) in [4.78, 5) is 0. The fraction of sp³-hybridized carbons (Fsp3) is 0. The molecule has 0 aliphatic heterocycles. The predicted octanol–water partition coefficient (Wildman–Crippen LogP) is 4.47. The SMILES string of the molecule is Nc1cc(Cl)ccc1-c1cc2cc(F)ccc2o1. The first-order valence-electron chi connectivity index (χ1n) is 5.38. The van der Waals surface area contributed by atoms with E-state index in [1.54, 1.807) is 30.3 Å². The minimum atomic E-state index is -0.293. The lowest BCUT2D eigenvalue weighted by atomic mass is 10.1. The van der Waals surface area contributed by atoms with Crippen LogP contribution in [-0.4, -0.2) is 0 Å². The number of anilines is 1. The van der Waals surface area contributed by atoms with E-state index < -0.39 is 0 Å². The Morgan fingerprint density at radius 1 is 1.06 bits per heavy atom. The lowest BCUT2D eigenvalue weighted by molar-refractivity contribution is 0.619. The van der Waals surface area contributed by atoms with Gasteiger partial charge in [-0.3, -0.25) is 0 Å². The zero-order valence-corrected chi connectivity index (χ0v) is 10.0. The third kappa shape index (κ3) is 1.83. The number of halogens is 2. The highest BCUT2D eigenvalue weighted by Gasteiger charge is 2.10. The number of furan rings is 1. The lowest BCUT2D eigenvalue weighted by Gasteiger charge is -2.01. The highest BCUT2D eigenvalue weighted by atomic mass is 35.5. The molecule has 0 atom stereocenters. The molecule has 0 aliphatic carbocycles. The summed E-state index contributed by atoms with van der Waals surface area (Å²) in [7, 11) is 0. The van der Waals surface area contributed by atoms with E-state index in [4.69, 9.17) is 21.8 Å². The molecule has 0 unspecified atom stereocenters. The summed E-state index contributed by atoms with van der Waals surface area (Å²) in [5.74, 6) is 0.309. The van der Waals surface area contributed by atoms with Crippen molar-refractivity contribution in [2.75, 3.05) is 5.73 Å². The Bertz CT molecular complexity index is 736. The van der Waals surface area contributed by atoms with Crippen LogP contribution >= 0.6 is 11.6 Å². The zero-order chi connectivity index (χ0) is 12.7. The number of hydrogen-bond donors (Lipinski definition) is 1. The molecule has 3 rings (SSSR count). The number of hydrogen-bond acceptors (Lipinski definition) is 2. The molecule has 0 aliphatic rings. The van der Waals surface area contributed by atoms with Crippen molar-refractivity contribution < 1.29 is 8.81 Å². The quantitative estimate of drug-likeness (QED) is 0.656. The van der Waals surface area contributed by atoms with E-state index in [-0.39, 0.29) is 5.82 Å². The third-order valence-electron chi connectivity index (χ3n) is 2.76. The van der Waals surface area contributed by atoms with Crippen molar-refractivity contribution in [1.82, 2.24) is 0 Å². The van der Waals surface area contributed by atoms with E-state index in [0.29, 0.717) is 27.4 Å². The van der Waals surface area contributed by atoms with E-state index in [1.165, 1.54) is 12.1 Å². The molecular weight excluding hydrogens is 253 g/mol. The smallest absolute Gasteiger partial charge is 0.137 e. The van der Waals surface area contributed by atoms with Gasteiger partial charge in [-0.25, -0.2) is 4.39 Å². The molecule has 90 valence electrons. The summed E-state index contributed by atoms with van der Waals surface area (Å²) in [5.41, 5.74) is 7.79. The van der Waals surface area contributed by atoms with Gasteiger partial charge in [-0.2, -0.15) is 0 Å². The predicted molar refractivity (Wildman–Crippen MR) is 71.0 cm³/mol. The summed E-state index contributed by atoms with van der Waals surface area (Å²) in [6.07, 6.45) is 0. The summed E-state index contributed by atoms with van der Waals surface area (Å²) in [5, 5.41) is 1.28. The zero-order valence-electron chi connectivity index (χ0n) is 9.28. The third-order valence-corrected chi connectivity index (χ3v) is 2.99. The molecule has 0 spiro atoms. The van der Waals surface area contributed by atoms with Gasteiger partial charge in [0.15, 0.2) is 0 Å². The molecule has 3 aromatic rings. The second kappa shape index (κ2) is 4.03. The maximum absolute atomic E-state index is 13.1. The van der Waals surface area contributed by atoms with Gasteiger partial charge in [-0.05, 0) is 42.5 Å². The Morgan fingerprint density at radius 2 is 1.89 bits per heavy atom. The maximum Gasteiger partial charge on any atom is 0.137 e. The average Bonchev–Trinajstić information content (AvgIpc) is 2.71. The molecule has 2 N–H and O–H groups in total. The van der Waals surface area contributed by atoms with Gasteiger partial charge in [-0.15, -0.1) is 0 Å². The van der Waals surface area contributed by atoms with Gasteiger partial charge in [-0.1, -0.05) is 11.6 Å². The van der Waals surface area contributed by atoms with Crippen molar-refractivity contribution in [2.24, 2.45) is 0 Å². The highest BCUT2D eigenvalue weighted by molar-refractivity contribution is 6.31. The van der Waals surface area contributed by atoms with Crippen LogP contribution in [0.2, 0.25) is 5.02 Å². The van der Waals surface area contributed by atoms with Crippen molar-refractivity contribution in [3.8, 4) is 11.3 Å². The number of rotatable bonds is 1. The number of benzene rings is 2. The van der Waals surface area contributed by atoms with Gasteiger partial charge in [0.25, 0.3) is 0 Å². The molecule has 0 saturated carbocycles. The molecule has 18 heavy (non-hydrogen) atoms. The molecule has 2 nitrogen and oxygen atoms in total. The van der Waals surface area contributed by atoms with Gasteiger partial charge in [0.2, 0.25) is 0 Å². The molecule has 0 amide bonds. The van der Waals surface area contributed by atoms with Gasteiger partial charge in [0.05, 0.1) is 0 Å². The van der Waals surface area contributed by atoms with E-state index in [9.17, 15) is 4.39 Å². The van der Waals surface area contributed by atoms with E-state index in [1.807, 2.05) is 0 Å². The van der Waals surface area contributed by atoms with E-state index >= 15 is 0 Å². The highest BCUT2D eigenvalue weighted by Crippen LogP contribution is 2.33. The van der Waals surface area contributed by atoms with Crippen LogP contribution < -0.4 is 5.73 Å². The van der Waals surface area contributed by atoms with Crippen LogP contribution in [0.25, 0.3) is 22.3 Å². The van der Waals surface area contributed by atoms with E-state index in [0.717, 1.165) is 5.56 Å². The molecule has 0 saturated heterocycles. The first-order valence-corrected chi connectivity index (χ1v) is 5.76. The minimum absolute atomic E-state index is 0.293. The van der Waals surface area contributed by atoms with Crippen molar-refractivity contribution in [3.63, 3.8) is 0 Å². The summed E-state index contributed by atoms with van der Waals surface area (Å²) in [6.45, 7) is 0. The summed E-state index contributed by atoms with van der Waals surface area (Å²) >= 11 is 5.84. The molecular formula is C14H9ClFNO. The Balaban J connectivity index is 2.19. The molecule has 4 heteroatoms. The van der Waals surface area contributed by atoms with Gasteiger partial charge >= 0.3 is 0 Å². The van der Waals surface area contributed by atoms with Gasteiger partial charge in [0.1, 0.15) is 17.2 Å². The van der Waals surface area contributed by atoms with Crippen molar-refractivity contribution in [3.05, 3.63) is 53.3 Å². The van der Waals surface area contributed by atoms with Crippen LogP contribution in [0.4, 0.5) is 10.1 Å². The Kier molecular flexibility index (Phi) is 2.49. The normalized spacial score (nSPS) is 11.0. The Morgan fingerprint density at radius 3 is 2.67 bits per heavy atom. The maximum atomic E-state index is 13.1. The van der Waals surface area contributed by atoms with Gasteiger partial charge < -0.3 is 10.2 Å². The molecule has 0 radical (unpaired) electrons. The van der Waals surface area contributed by atoms with Crippen LogP contribution in [-0.2, 0) is 0 Å². The largest absolute Gasteiger partial charge is 0.456 e. The monoisotopic (exact) mass is 261 g/mol. The van der Waals surface area contributed by atoms with Gasteiger partial charge in [0, 0.05) is 21.7 Å². The van der Waals surface area contributed by atoms with Crippen LogP contribution in [0.1, 0.15) is 0 Å². The fourth-order valence-electron chi connectivity index (χ4n) is 1.90. The summed E-state index contributed by atoms with van der Waals surface area (Å²) in [6, 6.07) is 11.3. The number of nitrogen functional groups attached to an aromatic ring is 1. The van der Waals surface area contributed by atoms with Crippen LogP contribution in [0.5, 0.6) is 0 Å². The second-order valence-electron chi connectivity index (χ2n) is 4.02. The Labute approximate surface area is 108 Å². The molecule has 1 aromatic heterocycles. The van der Waals surface area contributed by atoms with Crippen molar-refractivity contribution in [2.45, 2.75) is 0 Å².